The lowest BCUT2D eigenvalue weighted by atomic mass is 10.1. The number of unbranched alkanes of at least 4 members (excludes halogenated alkanes) is 3. The monoisotopic (exact) mass is 482 g/mol. The van der Waals surface area contributed by atoms with Crippen LogP contribution in [0.15, 0.2) is 36.4 Å². The molecule has 2 rings (SSSR count). The second kappa shape index (κ2) is 12.0. The van der Waals surface area contributed by atoms with E-state index in [1.165, 1.54) is 24.3 Å². The van der Waals surface area contributed by atoms with Crippen LogP contribution in [0, 0.1) is 20.2 Å². The van der Waals surface area contributed by atoms with E-state index < -0.39 is 21.7 Å². The predicted octanol–water partition coefficient (Wildman–Crippen LogP) is 4.53. The van der Waals surface area contributed by atoms with Gasteiger partial charge in [-0.3, -0.25) is 29.8 Å². The molecule has 2 aromatic carbocycles. The van der Waals surface area contributed by atoms with E-state index in [9.17, 15) is 29.8 Å². The Balaban J connectivity index is 1.65. The molecular formula is C20H20Cl2N4O6. The van der Waals surface area contributed by atoms with E-state index in [1.807, 2.05) is 0 Å². The fourth-order valence-corrected chi connectivity index (χ4v) is 3.17. The number of hydrogen-bond acceptors (Lipinski definition) is 6. The summed E-state index contributed by atoms with van der Waals surface area (Å²) in [5, 5.41) is 27.1. The van der Waals surface area contributed by atoms with Crippen LogP contribution in [0.3, 0.4) is 0 Å². The summed E-state index contributed by atoms with van der Waals surface area (Å²) < 4.78 is 0. The van der Waals surface area contributed by atoms with Crippen LogP contribution in [0.25, 0.3) is 0 Å². The zero-order valence-corrected chi connectivity index (χ0v) is 18.3. The summed E-state index contributed by atoms with van der Waals surface area (Å²) in [6, 6.07) is 7.73. The number of amides is 2. The van der Waals surface area contributed by atoms with Gasteiger partial charge < -0.3 is 10.6 Å². The van der Waals surface area contributed by atoms with Crippen LogP contribution in [0.5, 0.6) is 0 Å². The molecule has 0 unspecified atom stereocenters. The van der Waals surface area contributed by atoms with Crippen molar-refractivity contribution in [1.82, 2.24) is 10.6 Å². The lowest BCUT2D eigenvalue weighted by Gasteiger charge is -2.07. The van der Waals surface area contributed by atoms with Gasteiger partial charge in [0, 0.05) is 36.3 Å². The molecule has 0 radical (unpaired) electrons. The SMILES string of the molecule is O=C(NCCCCCCNC(=O)c1ccc(Cl)c([N+](=O)[O-])c1)c1ccc(Cl)c([N+](=O)[O-])c1. The van der Waals surface area contributed by atoms with E-state index in [0.717, 1.165) is 25.0 Å². The molecule has 2 N–H and O–H groups in total. The summed E-state index contributed by atoms with van der Waals surface area (Å²) in [6.07, 6.45) is 2.98. The maximum atomic E-state index is 12.1. The molecule has 32 heavy (non-hydrogen) atoms. The van der Waals surface area contributed by atoms with Crippen molar-refractivity contribution in [2.45, 2.75) is 25.7 Å². The molecule has 0 saturated heterocycles. The number of nitro groups is 2. The van der Waals surface area contributed by atoms with Crippen molar-refractivity contribution in [1.29, 1.82) is 0 Å². The third-order valence-corrected chi connectivity index (χ3v) is 5.12. The number of rotatable bonds is 11. The van der Waals surface area contributed by atoms with Gasteiger partial charge in [0.25, 0.3) is 23.2 Å². The van der Waals surface area contributed by atoms with Crippen molar-refractivity contribution in [2.24, 2.45) is 0 Å². The van der Waals surface area contributed by atoms with Crippen molar-refractivity contribution in [3.63, 3.8) is 0 Å². The minimum absolute atomic E-state index is 0.0343. The molecule has 0 atom stereocenters. The van der Waals surface area contributed by atoms with Gasteiger partial charge >= 0.3 is 0 Å². The van der Waals surface area contributed by atoms with Gasteiger partial charge in [0.1, 0.15) is 10.0 Å². The number of benzene rings is 2. The minimum atomic E-state index is -0.647. The Morgan fingerprint density at radius 2 is 1.09 bits per heavy atom. The van der Waals surface area contributed by atoms with Crippen molar-refractivity contribution < 1.29 is 19.4 Å². The molecule has 170 valence electrons. The molecule has 0 fully saturated rings. The molecule has 0 spiro atoms. The highest BCUT2D eigenvalue weighted by Crippen LogP contribution is 2.26. The Kier molecular flexibility index (Phi) is 9.36. The van der Waals surface area contributed by atoms with E-state index in [2.05, 4.69) is 10.6 Å². The Morgan fingerprint density at radius 3 is 1.44 bits per heavy atom. The molecule has 10 nitrogen and oxygen atoms in total. The van der Waals surface area contributed by atoms with E-state index in [-0.39, 0.29) is 32.5 Å². The van der Waals surface area contributed by atoms with Crippen LogP contribution >= 0.6 is 23.2 Å². The Hall–Kier alpha value is -3.24. The number of hydrogen-bond donors (Lipinski definition) is 2. The van der Waals surface area contributed by atoms with Crippen molar-refractivity contribution in [3.05, 3.63) is 77.8 Å². The van der Waals surface area contributed by atoms with Gasteiger partial charge in [-0.1, -0.05) is 36.0 Å². The molecule has 0 saturated carbocycles. The van der Waals surface area contributed by atoms with Crippen molar-refractivity contribution in [3.8, 4) is 0 Å². The first-order valence-electron chi connectivity index (χ1n) is 9.65. The number of nitrogens with one attached hydrogen (secondary N) is 2. The van der Waals surface area contributed by atoms with Crippen LogP contribution in [0.2, 0.25) is 10.0 Å². The Labute approximate surface area is 193 Å². The van der Waals surface area contributed by atoms with Gasteiger partial charge in [-0.15, -0.1) is 0 Å². The highest BCUT2D eigenvalue weighted by Gasteiger charge is 2.17. The van der Waals surface area contributed by atoms with Crippen molar-refractivity contribution in [2.75, 3.05) is 13.1 Å². The lowest BCUT2D eigenvalue weighted by Crippen LogP contribution is -2.25. The molecule has 0 aliphatic heterocycles. The molecule has 12 heteroatoms. The van der Waals surface area contributed by atoms with Gasteiger partial charge in [0.05, 0.1) is 9.85 Å². The Morgan fingerprint density at radius 1 is 0.719 bits per heavy atom. The average Bonchev–Trinajstić information content (AvgIpc) is 2.75. The molecule has 0 heterocycles. The number of nitrogens with zero attached hydrogens (tertiary/aromatic N) is 2. The first kappa shape index (κ1) is 25.0. The maximum Gasteiger partial charge on any atom is 0.288 e. The quantitative estimate of drug-likeness (QED) is 0.273. The van der Waals surface area contributed by atoms with E-state index in [1.54, 1.807) is 0 Å². The molecule has 0 aliphatic rings. The summed E-state index contributed by atoms with van der Waals surface area (Å²) in [5.74, 6) is -0.844. The van der Waals surface area contributed by atoms with E-state index in [4.69, 9.17) is 23.2 Å². The lowest BCUT2D eigenvalue weighted by molar-refractivity contribution is -0.384. The second-order valence-corrected chi connectivity index (χ2v) is 7.59. The van der Waals surface area contributed by atoms with Gasteiger partial charge in [0.15, 0.2) is 0 Å². The fourth-order valence-electron chi connectivity index (χ4n) is 2.80. The highest BCUT2D eigenvalue weighted by atomic mass is 35.5. The predicted molar refractivity (Wildman–Crippen MR) is 119 cm³/mol. The molecule has 0 aliphatic carbocycles. The topological polar surface area (TPSA) is 144 Å². The van der Waals surface area contributed by atoms with Crippen LogP contribution in [0.1, 0.15) is 46.4 Å². The zero-order valence-electron chi connectivity index (χ0n) is 16.8. The summed E-state index contributed by atoms with van der Waals surface area (Å²) in [5.41, 5.74) is -0.332. The first-order chi connectivity index (χ1) is 15.2. The van der Waals surface area contributed by atoms with E-state index in [0.29, 0.717) is 25.9 Å². The molecule has 0 bridgehead atoms. The molecule has 2 aromatic rings. The largest absolute Gasteiger partial charge is 0.352 e. The Bertz CT molecular complexity index is 950. The summed E-state index contributed by atoms with van der Waals surface area (Å²) >= 11 is 11.5. The zero-order chi connectivity index (χ0) is 23.7. The number of nitro benzene ring substituents is 2. The number of carbonyl (C=O) groups excluding carboxylic acids is 2. The second-order valence-electron chi connectivity index (χ2n) is 6.77. The normalized spacial score (nSPS) is 10.4. The van der Waals surface area contributed by atoms with Gasteiger partial charge in [-0.2, -0.15) is 0 Å². The van der Waals surface area contributed by atoms with Crippen LogP contribution in [0.4, 0.5) is 11.4 Å². The van der Waals surface area contributed by atoms with Crippen molar-refractivity contribution >= 4 is 46.4 Å². The first-order valence-corrected chi connectivity index (χ1v) is 10.4. The molecular weight excluding hydrogens is 463 g/mol. The summed E-state index contributed by atoms with van der Waals surface area (Å²) in [4.78, 5) is 44.7. The van der Waals surface area contributed by atoms with Crippen LogP contribution in [-0.4, -0.2) is 34.8 Å². The smallest absolute Gasteiger partial charge is 0.288 e. The fraction of sp³-hybridized carbons (Fsp3) is 0.300. The van der Waals surface area contributed by atoms with Crippen LogP contribution in [-0.2, 0) is 0 Å². The third kappa shape index (κ3) is 7.17. The molecule has 2 amide bonds. The summed E-state index contributed by atoms with van der Waals surface area (Å²) in [7, 11) is 0. The highest BCUT2D eigenvalue weighted by molar-refractivity contribution is 6.33. The number of carbonyl (C=O) groups is 2. The molecule has 0 aromatic heterocycles. The van der Waals surface area contributed by atoms with Gasteiger partial charge in [-0.05, 0) is 37.1 Å². The standard InChI is InChI=1S/C20H20Cl2N4O6/c21-15-7-5-13(11-17(15)25(29)30)19(27)23-9-3-1-2-4-10-24-20(28)14-6-8-16(22)18(12-14)26(31)32/h5-8,11-12H,1-4,9-10H2,(H,23,27)(H,24,28). The summed E-state index contributed by atoms with van der Waals surface area (Å²) in [6.45, 7) is 0.798. The number of halogens is 2. The van der Waals surface area contributed by atoms with Crippen LogP contribution < -0.4 is 10.6 Å². The van der Waals surface area contributed by atoms with Gasteiger partial charge in [-0.25, -0.2) is 0 Å². The maximum absolute atomic E-state index is 12.1. The average molecular weight is 483 g/mol. The third-order valence-electron chi connectivity index (χ3n) is 4.48. The van der Waals surface area contributed by atoms with E-state index >= 15 is 0 Å². The van der Waals surface area contributed by atoms with Gasteiger partial charge in [0.2, 0.25) is 0 Å². The minimum Gasteiger partial charge on any atom is -0.352 e.